The van der Waals surface area contributed by atoms with E-state index in [1.54, 1.807) is 4.31 Å². The van der Waals surface area contributed by atoms with E-state index in [9.17, 15) is 13.5 Å². The predicted molar refractivity (Wildman–Crippen MR) is 76.8 cm³/mol. The molecule has 20 heavy (non-hydrogen) atoms. The standard InChI is InChI=1S/C14H20N2O3S/c15-12-9-11(5-6-14(12)17)20(18,19)16-8-7-10-3-1-2-4-13(10)16/h5-6,9-10,13,17H,1-4,7-8,15H2. The van der Waals surface area contributed by atoms with Gasteiger partial charge in [-0.15, -0.1) is 0 Å². The van der Waals surface area contributed by atoms with Gasteiger partial charge >= 0.3 is 0 Å². The van der Waals surface area contributed by atoms with Gasteiger partial charge in [0.05, 0.1) is 10.6 Å². The number of anilines is 1. The molecular formula is C14H20N2O3S. The second-order valence-electron chi connectivity index (χ2n) is 5.74. The van der Waals surface area contributed by atoms with Gasteiger partial charge in [-0.1, -0.05) is 12.8 Å². The average Bonchev–Trinajstić information content (AvgIpc) is 2.86. The lowest BCUT2D eigenvalue weighted by Crippen LogP contribution is -2.39. The highest BCUT2D eigenvalue weighted by atomic mass is 32.2. The van der Waals surface area contributed by atoms with Gasteiger partial charge in [-0.3, -0.25) is 0 Å². The van der Waals surface area contributed by atoms with E-state index in [1.165, 1.54) is 24.6 Å². The quantitative estimate of drug-likeness (QED) is 0.645. The van der Waals surface area contributed by atoms with Gasteiger partial charge in [0.1, 0.15) is 5.75 Å². The largest absolute Gasteiger partial charge is 0.506 e. The molecule has 3 rings (SSSR count). The number of sulfonamides is 1. The third-order valence-corrected chi connectivity index (χ3v) is 6.49. The molecule has 110 valence electrons. The lowest BCUT2D eigenvalue weighted by atomic mass is 9.86. The van der Waals surface area contributed by atoms with E-state index in [0.29, 0.717) is 12.5 Å². The molecule has 0 radical (unpaired) electrons. The molecule has 1 aromatic rings. The number of nitrogens with zero attached hydrogens (tertiary/aromatic N) is 1. The molecule has 0 amide bonds. The Hall–Kier alpha value is -1.27. The zero-order valence-electron chi connectivity index (χ0n) is 11.3. The van der Waals surface area contributed by atoms with Crippen LogP contribution in [-0.4, -0.2) is 30.4 Å². The zero-order chi connectivity index (χ0) is 14.3. The van der Waals surface area contributed by atoms with Gasteiger partial charge in [-0.25, -0.2) is 8.42 Å². The van der Waals surface area contributed by atoms with Gasteiger partial charge < -0.3 is 10.8 Å². The molecule has 0 aromatic heterocycles. The minimum absolute atomic E-state index is 0.0825. The van der Waals surface area contributed by atoms with Crippen LogP contribution in [0.5, 0.6) is 5.75 Å². The van der Waals surface area contributed by atoms with Crippen LogP contribution in [0.1, 0.15) is 32.1 Å². The van der Waals surface area contributed by atoms with E-state index in [0.717, 1.165) is 25.7 Å². The monoisotopic (exact) mass is 296 g/mol. The number of nitrogens with two attached hydrogens (primary N) is 1. The van der Waals surface area contributed by atoms with Gasteiger partial charge in [0.15, 0.2) is 0 Å². The van der Waals surface area contributed by atoms with Crippen LogP contribution in [0.4, 0.5) is 5.69 Å². The molecule has 5 nitrogen and oxygen atoms in total. The maximum atomic E-state index is 12.7. The number of benzene rings is 1. The third-order valence-electron chi connectivity index (χ3n) is 4.56. The second-order valence-corrected chi connectivity index (χ2v) is 7.63. The Morgan fingerprint density at radius 1 is 1.20 bits per heavy atom. The topological polar surface area (TPSA) is 83.6 Å². The number of phenolic OH excluding ortho intramolecular Hbond substituents is 1. The van der Waals surface area contributed by atoms with Crippen molar-refractivity contribution in [3.05, 3.63) is 18.2 Å². The van der Waals surface area contributed by atoms with Crippen molar-refractivity contribution in [1.29, 1.82) is 0 Å². The van der Waals surface area contributed by atoms with E-state index in [-0.39, 0.29) is 22.4 Å². The highest BCUT2D eigenvalue weighted by Crippen LogP contribution is 2.39. The first-order valence-electron chi connectivity index (χ1n) is 7.10. The molecule has 2 fully saturated rings. The Morgan fingerprint density at radius 2 is 1.95 bits per heavy atom. The second kappa shape index (κ2) is 4.93. The van der Waals surface area contributed by atoms with Crippen molar-refractivity contribution in [1.82, 2.24) is 4.31 Å². The number of hydrogen-bond donors (Lipinski definition) is 2. The number of rotatable bonds is 2. The smallest absolute Gasteiger partial charge is 0.243 e. The summed E-state index contributed by atoms with van der Waals surface area (Å²) in [5.74, 6) is 0.425. The van der Waals surface area contributed by atoms with Crippen LogP contribution in [0.15, 0.2) is 23.1 Å². The molecule has 0 bridgehead atoms. The molecule has 1 heterocycles. The van der Waals surface area contributed by atoms with Crippen molar-refractivity contribution in [2.24, 2.45) is 5.92 Å². The molecule has 1 saturated heterocycles. The Balaban J connectivity index is 1.93. The van der Waals surface area contributed by atoms with Crippen molar-refractivity contribution in [2.45, 2.75) is 43.0 Å². The van der Waals surface area contributed by atoms with Crippen molar-refractivity contribution < 1.29 is 13.5 Å². The van der Waals surface area contributed by atoms with Crippen LogP contribution < -0.4 is 5.73 Å². The molecule has 1 aromatic carbocycles. The molecule has 1 saturated carbocycles. The Morgan fingerprint density at radius 3 is 2.70 bits per heavy atom. The summed E-state index contributed by atoms with van der Waals surface area (Å²) in [7, 11) is -3.51. The number of aromatic hydroxyl groups is 1. The molecule has 1 aliphatic carbocycles. The van der Waals surface area contributed by atoms with Gasteiger partial charge in [-0.2, -0.15) is 4.31 Å². The minimum atomic E-state index is -3.51. The third kappa shape index (κ3) is 2.16. The molecule has 3 N–H and O–H groups in total. The van der Waals surface area contributed by atoms with Crippen LogP contribution >= 0.6 is 0 Å². The molecule has 2 unspecified atom stereocenters. The van der Waals surface area contributed by atoms with Gasteiger partial charge in [0, 0.05) is 12.6 Å². The Kier molecular flexibility index (Phi) is 3.38. The molecule has 2 atom stereocenters. The van der Waals surface area contributed by atoms with Crippen molar-refractivity contribution in [3.8, 4) is 5.75 Å². The summed E-state index contributed by atoms with van der Waals surface area (Å²) in [6, 6.07) is 4.26. The highest BCUT2D eigenvalue weighted by molar-refractivity contribution is 7.89. The minimum Gasteiger partial charge on any atom is -0.506 e. The molecule has 2 aliphatic rings. The normalized spacial score (nSPS) is 27.4. The van der Waals surface area contributed by atoms with E-state index >= 15 is 0 Å². The summed E-state index contributed by atoms with van der Waals surface area (Å²) in [4.78, 5) is 0.180. The Labute approximate surface area is 119 Å². The summed E-state index contributed by atoms with van der Waals surface area (Å²) in [6.07, 6.45) is 5.36. The fourth-order valence-electron chi connectivity index (χ4n) is 3.49. The van der Waals surface area contributed by atoms with E-state index in [2.05, 4.69) is 0 Å². The summed E-state index contributed by atoms with van der Waals surface area (Å²) in [5, 5.41) is 9.43. The van der Waals surface area contributed by atoms with Crippen LogP contribution in [0.25, 0.3) is 0 Å². The molecular weight excluding hydrogens is 276 g/mol. The zero-order valence-corrected chi connectivity index (χ0v) is 12.1. The molecule has 0 spiro atoms. The maximum absolute atomic E-state index is 12.7. The first-order valence-corrected chi connectivity index (χ1v) is 8.54. The first kappa shape index (κ1) is 13.7. The fourth-order valence-corrected chi connectivity index (χ4v) is 5.26. The Bertz CT molecular complexity index is 615. The van der Waals surface area contributed by atoms with Crippen LogP contribution in [0, 0.1) is 5.92 Å². The average molecular weight is 296 g/mol. The van der Waals surface area contributed by atoms with Crippen LogP contribution in [0.2, 0.25) is 0 Å². The number of phenols is 1. The van der Waals surface area contributed by atoms with Crippen molar-refractivity contribution in [2.75, 3.05) is 12.3 Å². The highest BCUT2D eigenvalue weighted by Gasteiger charge is 2.42. The summed E-state index contributed by atoms with van der Waals surface area (Å²) < 4.78 is 27.1. The van der Waals surface area contributed by atoms with E-state index < -0.39 is 10.0 Å². The predicted octanol–water partition coefficient (Wildman–Crippen LogP) is 1.93. The van der Waals surface area contributed by atoms with Gasteiger partial charge in [0.25, 0.3) is 0 Å². The lowest BCUT2D eigenvalue weighted by Gasteiger charge is -2.31. The van der Waals surface area contributed by atoms with E-state index in [4.69, 9.17) is 5.73 Å². The lowest BCUT2D eigenvalue weighted by molar-refractivity contribution is 0.260. The number of fused-ring (bicyclic) bond motifs is 1. The first-order chi connectivity index (χ1) is 9.50. The van der Waals surface area contributed by atoms with Crippen molar-refractivity contribution >= 4 is 15.7 Å². The molecule has 6 heteroatoms. The molecule has 1 aliphatic heterocycles. The SMILES string of the molecule is Nc1cc(S(=O)(=O)N2CCC3CCCCC32)ccc1O. The van der Waals surface area contributed by atoms with Crippen LogP contribution in [0.3, 0.4) is 0 Å². The summed E-state index contributed by atoms with van der Waals surface area (Å²) in [5.41, 5.74) is 5.72. The summed E-state index contributed by atoms with van der Waals surface area (Å²) in [6.45, 7) is 0.596. The van der Waals surface area contributed by atoms with Gasteiger partial charge in [-0.05, 0) is 43.4 Å². The maximum Gasteiger partial charge on any atom is 0.243 e. The fraction of sp³-hybridized carbons (Fsp3) is 0.571. The van der Waals surface area contributed by atoms with E-state index in [1.807, 2.05) is 0 Å². The van der Waals surface area contributed by atoms with Crippen LogP contribution in [-0.2, 0) is 10.0 Å². The van der Waals surface area contributed by atoms with Crippen molar-refractivity contribution in [3.63, 3.8) is 0 Å². The van der Waals surface area contributed by atoms with Gasteiger partial charge in [0.2, 0.25) is 10.0 Å². The number of hydrogen-bond acceptors (Lipinski definition) is 4. The number of nitrogen functional groups attached to an aromatic ring is 1. The summed E-state index contributed by atoms with van der Waals surface area (Å²) >= 11 is 0.